The second-order valence-corrected chi connectivity index (χ2v) is 1.44. The number of carboxylic acids is 1. The van der Waals surface area contributed by atoms with E-state index in [1.807, 2.05) is 0 Å². The molecule has 0 aliphatic heterocycles. The van der Waals surface area contributed by atoms with Gasteiger partial charge in [-0.1, -0.05) is 6.92 Å². The molecule has 0 unspecified atom stereocenters. The number of carbonyl (C=O) groups excluding carboxylic acids is 2. The second-order valence-electron chi connectivity index (χ2n) is 1.44. The van der Waals surface area contributed by atoms with E-state index >= 15 is 0 Å². The van der Waals surface area contributed by atoms with Gasteiger partial charge in [0.2, 0.25) is 0 Å². The minimum atomic E-state index is -1.29. The van der Waals surface area contributed by atoms with Crippen molar-refractivity contribution in [2.75, 3.05) is 14.2 Å². The number of carboxylic acid groups (broad SMARTS) is 1. The van der Waals surface area contributed by atoms with E-state index in [0.717, 1.165) is 14.2 Å². The van der Waals surface area contributed by atoms with Crippen molar-refractivity contribution in [2.24, 2.45) is 0 Å². The van der Waals surface area contributed by atoms with Crippen molar-refractivity contribution >= 4 is 29.1 Å². The Kier molecular flexibility index (Phi) is 39.8. The zero-order chi connectivity index (χ0) is 10.6. The molecule has 0 aromatic carbocycles. The van der Waals surface area contributed by atoms with Crippen LogP contribution in [-0.2, 0) is 9.59 Å². The molecular formula is C7H13AlO5. The summed E-state index contributed by atoms with van der Waals surface area (Å²) in [6.45, 7) is 1.62. The van der Waals surface area contributed by atoms with Gasteiger partial charge in [0, 0.05) is 18.8 Å². The first-order valence-corrected chi connectivity index (χ1v) is 3.20. The van der Waals surface area contributed by atoms with Gasteiger partial charge in [-0.2, -0.15) is 14.2 Å². The van der Waals surface area contributed by atoms with Crippen LogP contribution in [-0.4, -0.2) is 43.3 Å². The predicted octanol–water partition coefficient (Wildman–Crippen LogP) is -3.32. The van der Waals surface area contributed by atoms with Crippen LogP contribution in [0.4, 0.5) is 0 Å². The molecule has 0 spiro atoms. The van der Waals surface area contributed by atoms with E-state index in [9.17, 15) is 14.7 Å². The number of hydrogen-bond acceptors (Lipinski definition) is 5. The summed E-state index contributed by atoms with van der Waals surface area (Å²) in [7, 11) is 1.50. The zero-order valence-electron chi connectivity index (χ0n) is 8.03. The van der Waals surface area contributed by atoms with Crippen molar-refractivity contribution in [2.45, 2.75) is 19.8 Å². The summed E-state index contributed by atoms with van der Waals surface area (Å²) < 4.78 is 0. The van der Waals surface area contributed by atoms with Gasteiger partial charge in [0.25, 0.3) is 0 Å². The third-order valence-corrected chi connectivity index (χ3v) is 0.736. The Labute approximate surface area is 88.5 Å². The maximum atomic E-state index is 10.2. The molecule has 0 radical (unpaired) electrons. The molecule has 0 saturated carbocycles. The third-order valence-electron chi connectivity index (χ3n) is 0.736. The number of aliphatic carboxylic acids is 1. The average Bonchev–Trinajstić information content (AvgIpc) is 2.10. The van der Waals surface area contributed by atoms with E-state index in [2.05, 4.69) is 0 Å². The first-order chi connectivity index (χ1) is 5.66. The Bertz CT molecular complexity index is 115. The third kappa shape index (κ3) is 34.1. The van der Waals surface area contributed by atoms with Gasteiger partial charge in [0.15, 0.2) is 0 Å². The fraction of sp³-hybridized carbons (Fsp3) is 0.714. The summed E-state index contributed by atoms with van der Waals surface area (Å²) >= 11 is 0. The standard InChI is InChI=1S/C5H8O3.2CH3O.Al/c1-2-4(6)3-5(7)8;2*1-2;/h2-3H2,1H3,(H,7,8);2*1H3;/q;2*-1;+3/p-1. The van der Waals surface area contributed by atoms with E-state index < -0.39 is 12.4 Å². The van der Waals surface area contributed by atoms with Gasteiger partial charge in [-0.25, -0.2) is 0 Å². The van der Waals surface area contributed by atoms with E-state index in [-0.39, 0.29) is 29.6 Å². The minimum Gasteiger partial charge on any atom is -0.857 e. The smallest absolute Gasteiger partial charge is 0.857 e. The molecule has 0 aromatic heterocycles. The van der Waals surface area contributed by atoms with Gasteiger partial charge in [0.1, 0.15) is 5.78 Å². The summed E-state index contributed by atoms with van der Waals surface area (Å²) in [4.78, 5) is 19.8. The minimum absolute atomic E-state index is 0. The quantitative estimate of drug-likeness (QED) is 0.353. The number of Topliss-reactive ketones (excluding diaryl/α,β-unsaturated/α-hetero) is 1. The van der Waals surface area contributed by atoms with Crippen molar-refractivity contribution in [1.82, 2.24) is 0 Å². The second kappa shape index (κ2) is 22.6. The van der Waals surface area contributed by atoms with Crippen molar-refractivity contribution in [3.05, 3.63) is 0 Å². The van der Waals surface area contributed by atoms with E-state index in [0.29, 0.717) is 0 Å². The molecular weight excluding hydrogens is 191 g/mol. The molecule has 0 aliphatic carbocycles. The molecule has 0 aliphatic rings. The Morgan fingerprint density at radius 1 is 1.08 bits per heavy atom. The first-order valence-electron chi connectivity index (χ1n) is 3.20. The molecule has 0 amide bonds. The van der Waals surface area contributed by atoms with Crippen LogP contribution in [0.3, 0.4) is 0 Å². The molecule has 0 heterocycles. The normalized spacial score (nSPS) is 6.23. The monoisotopic (exact) mass is 204 g/mol. The summed E-state index contributed by atoms with van der Waals surface area (Å²) in [6.07, 6.45) is -0.176. The molecule has 0 rings (SSSR count). The van der Waals surface area contributed by atoms with Crippen molar-refractivity contribution < 1.29 is 24.9 Å². The van der Waals surface area contributed by atoms with Gasteiger partial charge in [-0.3, -0.25) is 4.79 Å². The van der Waals surface area contributed by atoms with Crippen LogP contribution < -0.4 is 15.3 Å². The number of carbonyl (C=O) groups is 2. The number of rotatable bonds is 3. The molecule has 74 valence electrons. The SMILES string of the molecule is CCC(=O)CC(=O)[O-].C[O-].C[O-].[Al+3]. The van der Waals surface area contributed by atoms with Crippen LogP contribution in [0.5, 0.6) is 0 Å². The zero-order valence-corrected chi connectivity index (χ0v) is 9.19. The molecule has 0 saturated heterocycles. The van der Waals surface area contributed by atoms with Crippen LogP contribution >= 0.6 is 0 Å². The van der Waals surface area contributed by atoms with Crippen LogP contribution in [0.25, 0.3) is 0 Å². The van der Waals surface area contributed by atoms with E-state index in [1.165, 1.54) is 0 Å². The van der Waals surface area contributed by atoms with E-state index in [4.69, 9.17) is 10.2 Å². The van der Waals surface area contributed by atoms with Crippen LogP contribution in [0.15, 0.2) is 0 Å². The average molecular weight is 204 g/mol. The Hall–Kier alpha value is -0.408. The Morgan fingerprint density at radius 2 is 1.38 bits per heavy atom. The maximum absolute atomic E-state index is 10.2. The van der Waals surface area contributed by atoms with Crippen molar-refractivity contribution in [3.63, 3.8) is 0 Å². The molecule has 0 N–H and O–H groups in total. The number of hydrogen-bond donors (Lipinski definition) is 0. The van der Waals surface area contributed by atoms with Gasteiger partial charge in [0.05, 0.1) is 0 Å². The first kappa shape index (κ1) is 22.9. The molecule has 0 aromatic rings. The molecule has 5 nitrogen and oxygen atoms in total. The van der Waals surface area contributed by atoms with Crippen LogP contribution in [0.1, 0.15) is 19.8 Å². The molecule has 0 atom stereocenters. The van der Waals surface area contributed by atoms with Gasteiger partial charge < -0.3 is 20.1 Å². The summed E-state index contributed by atoms with van der Waals surface area (Å²) in [5.74, 6) is -1.58. The largest absolute Gasteiger partial charge is 3.00 e. The predicted molar refractivity (Wildman–Crippen MR) is 42.5 cm³/mol. The molecule has 13 heavy (non-hydrogen) atoms. The van der Waals surface area contributed by atoms with Gasteiger partial charge in [-0.15, -0.1) is 0 Å². The number of ketones is 1. The van der Waals surface area contributed by atoms with Gasteiger partial charge in [-0.05, 0) is 0 Å². The molecule has 6 heteroatoms. The topological polar surface area (TPSA) is 103 Å². The summed E-state index contributed by atoms with van der Waals surface area (Å²) in [5.41, 5.74) is 0. The van der Waals surface area contributed by atoms with Crippen LogP contribution in [0.2, 0.25) is 0 Å². The Balaban J connectivity index is -0.0000000712. The van der Waals surface area contributed by atoms with Crippen LogP contribution in [0, 0.1) is 0 Å². The molecule has 0 bridgehead atoms. The maximum Gasteiger partial charge on any atom is 3.00 e. The van der Waals surface area contributed by atoms with Gasteiger partial charge >= 0.3 is 17.4 Å². The Morgan fingerprint density at radius 3 is 1.46 bits per heavy atom. The summed E-state index contributed by atoms with van der Waals surface area (Å²) in [5, 5.41) is 26.1. The summed E-state index contributed by atoms with van der Waals surface area (Å²) in [6, 6.07) is 0. The van der Waals surface area contributed by atoms with E-state index in [1.54, 1.807) is 6.92 Å². The molecule has 0 fully saturated rings. The van der Waals surface area contributed by atoms with Crippen molar-refractivity contribution in [1.29, 1.82) is 0 Å². The fourth-order valence-corrected chi connectivity index (χ4v) is 0.286. The fourth-order valence-electron chi connectivity index (χ4n) is 0.286. The van der Waals surface area contributed by atoms with Crippen molar-refractivity contribution in [3.8, 4) is 0 Å².